The normalized spacial score (nSPS) is 18.0. The number of hydrogen-bond acceptors (Lipinski definition) is 8. The third kappa shape index (κ3) is 5.23. The van der Waals surface area contributed by atoms with Gasteiger partial charge in [0.15, 0.2) is 5.78 Å². The first-order valence-electron chi connectivity index (χ1n) is 12.2. The molecule has 38 heavy (non-hydrogen) atoms. The number of urea groups is 1. The smallest absolute Gasteiger partial charge is 0.526 e. The lowest BCUT2D eigenvalue weighted by atomic mass is 9.64. The number of piperazine rings is 1. The van der Waals surface area contributed by atoms with Gasteiger partial charge in [-0.25, -0.2) is 9.59 Å². The second kappa shape index (κ2) is 11.0. The van der Waals surface area contributed by atoms with E-state index in [0.717, 1.165) is 4.90 Å². The van der Waals surface area contributed by atoms with Crippen LogP contribution in [0.5, 0.6) is 5.75 Å². The monoisotopic (exact) mass is 522 g/mol. The molecule has 3 heterocycles. The van der Waals surface area contributed by atoms with E-state index in [-0.39, 0.29) is 37.2 Å². The number of carboxylic acids is 1. The van der Waals surface area contributed by atoms with Crippen LogP contribution in [0.3, 0.4) is 0 Å². The number of pyridine rings is 1. The van der Waals surface area contributed by atoms with Gasteiger partial charge in [-0.1, -0.05) is 18.2 Å². The van der Waals surface area contributed by atoms with Crippen molar-refractivity contribution in [3.63, 3.8) is 0 Å². The molecule has 1 aromatic heterocycles. The molecule has 0 aliphatic carbocycles. The average Bonchev–Trinajstić information content (AvgIpc) is 2.89. The van der Waals surface area contributed by atoms with Crippen molar-refractivity contribution in [2.75, 3.05) is 19.6 Å². The van der Waals surface area contributed by atoms with Crippen molar-refractivity contribution >= 4 is 36.7 Å². The minimum atomic E-state index is -1.46. The van der Waals surface area contributed by atoms with Gasteiger partial charge < -0.3 is 25.0 Å². The Hall–Kier alpha value is -4.26. The van der Waals surface area contributed by atoms with Crippen LogP contribution in [0.25, 0.3) is 0 Å². The number of likely N-dealkylation sites (N-methyl/N-ethyl adjacent to an activating group) is 1. The van der Waals surface area contributed by atoms with E-state index in [4.69, 9.17) is 4.65 Å². The predicted octanol–water partition coefficient (Wildman–Crippen LogP) is 0.975. The summed E-state index contributed by atoms with van der Waals surface area (Å²) in [5, 5.41) is 22.8. The lowest BCUT2D eigenvalue weighted by Crippen LogP contribution is -2.58. The molecular weight excluding hydrogens is 495 g/mol. The van der Waals surface area contributed by atoms with Crippen molar-refractivity contribution in [2.24, 2.45) is 0 Å². The van der Waals surface area contributed by atoms with Crippen LogP contribution in [-0.2, 0) is 20.8 Å². The summed E-state index contributed by atoms with van der Waals surface area (Å²) in [6.45, 7) is 3.84. The van der Waals surface area contributed by atoms with Gasteiger partial charge >= 0.3 is 30.9 Å². The Morgan fingerprint density at radius 2 is 1.97 bits per heavy atom. The van der Waals surface area contributed by atoms with Crippen molar-refractivity contribution in [2.45, 2.75) is 38.5 Å². The molecule has 198 valence electrons. The van der Waals surface area contributed by atoms with Crippen LogP contribution < -0.4 is 9.97 Å². The fraction of sp³-hybridized carbons (Fsp3) is 0.360. The molecular formula is C25H27BN4O8. The van der Waals surface area contributed by atoms with E-state index >= 15 is 0 Å². The summed E-state index contributed by atoms with van der Waals surface area (Å²) in [6, 6.07) is 4.39. The molecule has 0 radical (unpaired) electrons. The molecule has 2 aliphatic rings. The average molecular weight is 522 g/mol. The number of carbonyl (C=O) groups is 5. The molecule has 2 atom stereocenters. The number of carboxylic acid groups (broad SMARTS) is 1. The van der Waals surface area contributed by atoms with Gasteiger partial charge in [0, 0.05) is 49.8 Å². The molecule has 2 aliphatic heterocycles. The van der Waals surface area contributed by atoms with Gasteiger partial charge in [-0.2, -0.15) is 0 Å². The molecule has 0 spiro atoms. The topological polar surface area (TPSA) is 166 Å². The molecule has 4 rings (SSSR count). The van der Waals surface area contributed by atoms with Crippen LogP contribution in [0.4, 0.5) is 4.79 Å². The van der Waals surface area contributed by atoms with Gasteiger partial charge in [-0.3, -0.25) is 24.3 Å². The largest absolute Gasteiger partial charge is 0.535 e. The molecule has 4 amide bonds. The number of aromatic nitrogens is 1. The molecule has 3 N–H and O–H groups in total. The molecule has 13 heteroatoms. The number of rotatable bonds is 7. The fourth-order valence-electron chi connectivity index (χ4n) is 4.70. The van der Waals surface area contributed by atoms with Gasteiger partial charge in [0.25, 0.3) is 0 Å². The molecule has 1 saturated heterocycles. The lowest BCUT2D eigenvalue weighted by Gasteiger charge is -2.33. The maximum absolute atomic E-state index is 13.5. The molecule has 2 aromatic rings. The number of Topliss-reactive ketones (excluding diaryl/α,β-unsaturated/α-hetero) is 1. The fourth-order valence-corrected chi connectivity index (χ4v) is 4.70. The number of fused-ring (bicyclic) bond motifs is 1. The Labute approximate surface area is 218 Å². The number of aryl methyl sites for hydroxylation is 1. The maximum atomic E-state index is 13.5. The lowest BCUT2D eigenvalue weighted by molar-refractivity contribution is -0.153. The molecule has 1 aromatic carbocycles. The van der Waals surface area contributed by atoms with Crippen molar-refractivity contribution in [3.8, 4) is 5.75 Å². The number of nitrogens with zero attached hydrogens (tertiary/aromatic N) is 3. The van der Waals surface area contributed by atoms with E-state index < -0.39 is 48.6 Å². The highest BCUT2D eigenvalue weighted by atomic mass is 16.5. The summed E-state index contributed by atoms with van der Waals surface area (Å²) in [4.78, 5) is 69.0. The van der Waals surface area contributed by atoms with Gasteiger partial charge in [-0.05, 0) is 37.5 Å². The van der Waals surface area contributed by atoms with E-state index in [2.05, 4.69) is 10.3 Å². The van der Waals surface area contributed by atoms with Crippen LogP contribution in [-0.4, -0.2) is 81.3 Å². The van der Waals surface area contributed by atoms with Crippen molar-refractivity contribution in [1.29, 1.82) is 0 Å². The van der Waals surface area contributed by atoms with E-state index in [1.165, 1.54) is 17.3 Å². The number of aromatic carboxylic acids is 1. The number of hydrogen-bond donors (Lipinski definition) is 3. The summed E-state index contributed by atoms with van der Waals surface area (Å²) in [6.07, 6.45) is 2.84. The quantitative estimate of drug-likeness (QED) is 0.355. The highest BCUT2D eigenvalue weighted by Gasteiger charge is 2.41. The second-order valence-electron chi connectivity index (χ2n) is 9.20. The Bertz CT molecular complexity index is 1290. The van der Waals surface area contributed by atoms with Crippen molar-refractivity contribution in [3.05, 3.63) is 58.9 Å². The van der Waals surface area contributed by atoms with E-state index in [9.17, 15) is 34.1 Å². The first-order valence-corrected chi connectivity index (χ1v) is 12.2. The SMILES string of the molecule is CCN1CCN(C(=O)NC(C(=O)C[C@H]2Cc3ccc(C)c(C(=O)O)c3OB2O)c2cccnc2)C(=O)C1=O. The predicted molar refractivity (Wildman–Crippen MR) is 133 cm³/mol. The molecule has 12 nitrogen and oxygen atoms in total. The summed E-state index contributed by atoms with van der Waals surface area (Å²) in [5.74, 6) is -4.11. The van der Waals surface area contributed by atoms with Crippen LogP contribution >= 0.6 is 0 Å². The van der Waals surface area contributed by atoms with Crippen LogP contribution in [0.15, 0.2) is 36.7 Å². The molecule has 0 saturated carbocycles. The van der Waals surface area contributed by atoms with Crippen LogP contribution in [0.2, 0.25) is 5.82 Å². The zero-order valence-corrected chi connectivity index (χ0v) is 20.9. The molecule has 1 fully saturated rings. The van der Waals surface area contributed by atoms with Gasteiger partial charge in [-0.15, -0.1) is 0 Å². The number of ketones is 1. The number of imide groups is 1. The standard InChI is InChI=1S/C25H27BN4O8/c1-3-29-9-10-30(23(33)22(29)32)25(36)28-20(16-5-4-8-27-13-16)18(31)12-17-11-15-7-6-14(2)19(24(34)35)21(15)38-26(17)37/h4-8,13,17,20,37H,3,9-12H2,1-2H3,(H,28,36)(H,34,35)/t17-,20?/m1/s1. The zero-order valence-electron chi connectivity index (χ0n) is 20.9. The first kappa shape index (κ1) is 26.8. The summed E-state index contributed by atoms with van der Waals surface area (Å²) in [7, 11) is -1.46. The minimum absolute atomic E-state index is 0.0184. The summed E-state index contributed by atoms with van der Waals surface area (Å²) in [5.41, 5.74) is 1.32. The highest BCUT2D eigenvalue weighted by Crippen LogP contribution is 2.38. The minimum Gasteiger partial charge on any atom is -0.535 e. The third-order valence-electron chi connectivity index (χ3n) is 6.79. The zero-order chi connectivity index (χ0) is 27.6. The Morgan fingerprint density at radius 3 is 2.63 bits per heavy atom. The van der Waals surface area contributed by atoms with E-state index in [0.29, 0.717) is 23.2 Å². The van der Waals surface area contributed by atoms with Crippen LogP contribution in [0.1, 0.15) is 46.4 Å². The summed E-state index contributed by atoms with van der Waals surface area (Å²) >= 11 is 0. The van der Waals surface area contributed by atoms with Gasteiger partial charge in [0.1, 0.15) is 17.4 Å². The van der Waals surface area contributed by atoms with Crippen LogP contribution in [0, 0.1) is 6.92 Å². The first-order chi connectivity index (χ1) is 18.1. The highest BCUT2D eigenvalue weighted by molar-refractivity contribution is 6.47. The second-order valence-corrected chi connectivity index (χ2v) is 9.20. The number of nitrogens with one attached hydrogen (secondary N) is 1. The number of carbonyl (C=O) groups excluding carboxylic acids is 4. The Balaban J connectivity index is 1.54. The van der Waals surface area contributed by atoms with Gasteiger partial charge in [0.05, 0.1) is 0 Å². The molecule has 0 bridgehead atoms. The number of amides is 4. The van der Waals surface area contributed by atoms with Gasteiger partial charge in [0.2, 0.25) is 0 Å². The number of benzene rings is 1. The van der Waals surface area contributed by atoms with Crippen molar-refractivity contribution < 1.29 is 38.8 Å². The maximum Gasteiger partial charge on any atom is 0.526 e. The Kier molecular flexibility index (Phi) is 7.76. The molecule has 1 unspecified atom stereocenters. The summed E-state index contributed by atoms with van der Waals surface area (Å²) < 4.78 is 5.55. The Morgan fingerprint density at radius 1 is 1.21 bits per heavy atom. The van der Waals surface area contributed by atoms with E-state index in [1.54, 1.807) is 38.1 Å². The van der Waals surface area contributed by atoms with E-state index in [1.807, 2.05) is 0 Å². The third-order valence-corrected chi connectivity index (χ3v) is 6.79. The van der Waals surface area contributed by atoms with Crippen molar-refractivity contribution in [1.82, 2.24) is 20.1 Å².